The summed E-state index contributed by atoms with van der Waals surface area (Å²) in [6, 6.07) is 1.07. The molecule has 0 aromatic heterocycles. The summed E-state index contributed by atoms with van der Waals surface area (Å²) < 4.78 is 0. The minimum atomic E-state index is -2.97. The summed E-state index contributed by atoms with van der Waals surface area (Å²) in [6.45, 7) is 1.56. The van der Waals surface area contributed by atoms with Crippen molar-refractivity contribution in [3.05, 3.63) is 50.8 Å². The predicted molar refractivity (Wildman–Crippen MR) is 116 cm³/mol. The molecule has 1 unspecified atom stereocenters. The Labute approximate surface area is 198 Å². The Balaban J connectivity index is 2.05. The highest BCUT2D eigenvalue weighted by molar-refractivity contribution is 6.16. The molecule has 4 rings (SSSR count). The van der Waals surface area contributed by atoms with Crippen LogP contribution in [0.15, 0.2) is 34.8 Å². The van der Waals surface area contributed by atoms with Gasteiger partial charge in [0.25, 0.3) is 4.92 Å². The van der Waals surface area contributed by atoms with Crippen molar-refractivity contribution in [3.63, 3.8) is 0 Å². The van der Waals surface area contributed by atoms with E-state index in [1.54, 1.807) is 6.92 Å². The third-order valence-electron chi connectivity index (χ3n) is 7.40. The molecule has 1 aromatic carbocycles. The van der Waals surface area contributed by atoms with E-state index < -0.39 is 97.9 Å². The van der Waals surface area contributed by atoms with Gasteiger partial charge in [-0.05, 0) is 25.6 Å². The SMILES string of the molecule is C[C@H]1c2ccc([N+](=O)O)c(O)c2C(=O)C2=C(O)[C@]3(O)C(=O)C(C(N)O)=C(O)[C@@H](N(C)C)[C@@H]3[C@@H](O)[C@@H]21. The van der Waals surface area contributed by atoms with Gasteiger partial charge in [0.05, 0.1) is 34.1 Å². The van der Waals surface area contributed by atoms with E-state index in [2.05, 4.69) is 0 Å². The Morgan fingerprint density at radius 1 is 1.17 bits per heavy atom. The Morgan fingerprint density at radius 2 is 1.77 bits per heavy atom. The van der Waals surface area contributed by atoms with Gasteiger partial charge in [-0.1, -0.05) is 13.0 Å². The van der Waals surface area contributed by atoms with Gasteiger partial charge < -0.3 is 36.4 Å². The molecule has 1 aromatic rings. The molecule has 7 atom stereocenters. The maximum Gasteiger partial charge on any atom is 0.358 e. The van der Waals surface area contributed by atoms with E-state index in [0.29, 0.717) is 0 Å². The molecule has 0 fully saturated rings. The van der Waals surface area contributed by atoms with Gasteiger partial charge in [-0.15, -0.1) is 0 Å². The number of carbonyl (C=O) groups excluding carboxylic acids is 2. The minimum absolute atomic E-state index is 0.186. The summed E-state index contributed by atoms with van der Waals surface area (Å²) in [4.78, 5) is 38.9. The smallest absolute Gasteiger partial charge is 0.358 e. The van der Waals surface area contributed by atoms with E-state index in [4.69, 9.17) is 5.73 Å². The van der Waals surface area contributed by atoms with Gasteiger partial charge in [0.15, 0.2) is 11.4 Å². The summed E-state index contributed by atoms with van der Waals surface area (Å²) in [5.41, 5.74) is 0.169. The van der Waals surface area contributed by atoms with E-state index in [9.17, 15) is 50.3 Å². The number of rotatable bonds is 3. The van der Waals surface area contributed by atoms with Crippen molar-refractivity contribution in [3.8, 4) is 5.75 Å². The van der Waals surface area contributed by atoms with Crippen LogP contribution in [0, 0.1) is 16.7 Å². The van der Waals surface area contributed by atoms with Gasteiger partial charge in [0.2, 0.25) is 11.5 Å². The van der Waals surface area contributed by atoms with Crippen LogP contribution in [0.2, 0.25) is 0 Å². The summed E-state index contributed by atoms with van der Waals surface area (Å²) in [5, 5.41) is 74.8. The lowest BCUT2D eigenvalue weighted by Gasteiger charge is -2.53. The Hall–Kier alpha value is -3.36. The van der Waals surface area contributed by atoms with Crippen LogP contribution in [-0.2, 0) is 4.79 Å². The highest BCUT2D eigenvalue weighted by atomic mass is 16.6. The summed E-state index contributed by atoms with van der Waals surface area (Å²) in [6.07, 6.45) is -3.74. The summed E-state index contributed by atoms with van der Waals surface area (Å²) >= 11 is 0. The number of aliphatic hydroxyl groups excluding tert-OH is 4. The first-order valence-electron chi connectivity index (χ1n) is 10.7. The second-order valence-electron chi connectivity index (χ2n) is 9.34. The highest BCUT2D eigenvalue weighted by Crippen LogP contribution is 2.56. The quantitative estimate of drug-likeness (QED) is 0.193. The summed E-state index contributed by atoms with van der Waals surface area (Å²) in [5.74, 6) is -8.79. The summed E-state index contributed by atoms with van der Waals surface area (Å²) in [7, 11) is 2.93. The molecule has 0 aliphatic heterocycles. The maximum absolute atomic E-state index is 13.5. The fraction of sp³-hybridized carbons (Fsp3) is 0.455. The molecule has 9 N–H and O–H groups in total. The third kappa shape index (κ3) is 2.99. The number of aromatic hydroxyl groups is 1. The zero-order valence-electron chi connectivity index (χ0n) is 18.9. The van der Waals surface area contributed by atoms with Gasteiger partial charge in [-0.25, -0.2) is 5.21 Å². The molecule has 13 nitrogen and oxygen atoms in total. The first-order chi connectivity index (χ1) is 16.2. The predicted octanol–water partition coefficient (Wildman–Crippen LogP) is -0.756. The molecule has 0 amide bonds. The Bertz CT molecular complexity index is 1240. The Morgan fingerprint density at radius 3 is 2.29 bits per heavy atom. The second-order valence-corrected chi connectivity index (χ2v) is 9.34. The zero-order valence-corrected chi connectivity index (χ0v) is 18.9. The lowest BCUT2D eigenvalue weighted by molar-refractivity contribution is -0.730. The molecule has 0 radical (unpaired) electrons. The Kier molecular flexibility index (Phi) is 5.54. The first-order valence-corrected chi connectivity index (χ1v) is 10.7. The van der Waals surface area contributed by atoms with Gasteiger partial charge in [0, 0.05) is 17.6 Å². The van der Waals surface area contributed by atoms with Gasteiger partial charge >= 0.3 is 5.69 Å². The van der Waals surface area contributed by atoms with Crippen LogP contribution < -0.4 is 5.73 Å². The number of fused-ring (bicyclic) bond motifs is 3. The molecule has 0 heterocycles. The van der Waals surface area contributed by atoms with Gasteiger partial charge in [-0.2, -0.15) is 0 Å². The van der Waals surface area contributed by atoms with E-state index in [-0.39, 0.29) is 5.56 Å². The van der Waals surface area contributed by atoms with Crippen molar-refractivity contribution in [2.24, 2.45) is 17.6 Å². The fourth-order valence-corrected chi connectivity index (χ4v) is 5.84. The molecular weight excluding hydrogens is 466 g/mol. The monoisotopic (exact) mass is 492 g/mol. The van der Waals surface area contributed by atoms with Crippen LogP contribution >= 0.6 is 0 Å². The molecular formula is C22H26N3O10+. The minimum Gasteiger partial charge on any atom is -0.510 e. The van der Waals surface area contributed by atoms with Crippen molar-refractivity contribution >= 4 is 17.3 Å². The number of phenolic OH excluding ortho intramolecular Hbond substituents is 1. The zero-order chi connectivity index (χ0) is 26.3. The molecule has 188 valence electrons. The number of benzene rings is 1. The molecule has 35 heavy (non-hydrogen) atoms. The highest BCUT2D eigenvalue weighted by Gasteiger charge is 2.67. The van der Waals surface area contributed by atoms with Crippen LogP contribution in [0.1, 0.15) is 28.8 Å². The number of nitrogens with two attached hydrogens (primary N) is 1. The topological polar surface area (TPSA) is 225 Å². The van der Waals surface area contributed by atoms with Crippen LogP contribution in [0.25, 0.3) is 0 Å². The van der Waals surface area contributed by atoms with Crippen LogP contribution in [0.5, 0.6) is 5.75 Å². The molecule has 13 heteroatoms. The molecule has 0 spiro atoms. The molecule has 0 bridgehead atoms. The number of Topliss-reactive ketones (excluding diaryl/α,β-unsaturated/α-hetero) is 2. The lowest BCUT2D eigenvalue weighted by atomic mass is 9.55. The van der Waals surface area contributed by atoms with E-state index in [1.165, 1.54) is 25.1 Å². The van der Waals surface area contributed by atoms with Crippen molar-refractivity contribution in [2.45, 2.75) is 36.8 Å². The van der Waals surface area contributed by atoms with Gasteiger partial charge in [0.1, 0.15) is 17.7 Å². The van der Waals surface area contributed by atoms with Crippen molar-refractivity contribution in [1.29, 1.82) is 0 Å². The standard InChI is InChI=1S/C22H25N3O10/c1-6-7-4-5-8(25(34)35)15(26)10(7)16(27)11-9(6)17(28)13-14(24(2)3)18(29)12(21(23)32)20(31)22(13,33)19(11)30/h4-6,9,13-14,17,21,28,32-33H,23H2,1-3H3,(H3-,26,27,29,30,31,34,35)/p+1/t6-,9+,13+,14-,17-,21?,22-/m0/s1. The van der Waals surface area contributed by atoms with Crippen molar-refractivity contribution < 1.29 is 50.4 Å². The van der Waals surface area contributed by atoms with E-state index in [0.717, 1.165) is 6.07 Å². The van der Waals surface area contributed by atoms with Crippen LogP contribution in [0.3, 0.4) is 0 Å². The third-order valence-corrected chi connectivity index (χ3v) is 7.40. The number of phenols is 1. The molecule has 3 aliphatic rings. The van der Waals surface area contributed by atoms with E-state index in [1.807, 2.05) is 0 Å². The number of hydrogen-bond donors (Lipinski definition) is 8. The first kappa shape index (κ1) is 24.8. The molecule has 0 saturated carbocycles. The number of likely N-dealkylation sites (N-methyl/N-ethyl adjacent to an activating group) is 1. The molecule has 0 saturated heterocycles. The lowest BCUT2D eigenvalue weighted by Crippen LogP contribution is -2.68. The fourth-order valence-electron chi connectivity index (χ4n) is 5.84. The number of nitrogens with zero attached hydrogens (tertiary/aromatic N) is 2. The van der Waals surface area contributed by atoms with Crippen LogP contribution in [0.4, 0.5) is 5.69 Å². The van der Waals surface area contributed by atoms with Gasteiger partial charge in [-0.3, -0.25) is 14.5 Å². The normalized spacial score (nSPS) is 33.4. The number of aliphatic hydroxyl groups is 5. The number of carbonyl (C=O) groups is 2. The second kappa shape index (κ2) is 7.83. The van der Waals surface area contributed by atoms with Crippen molar-refractivity contribution in [2.75, 3.05) is 14.1 Å². The average Bonchev–Trinajstić information content (AvgIpc) is 2.75. The maximum atomic E-state index is 13.5. The number of hydrogen-bond acceptors (Lipinski definition) is 11. The largest absolute Gasteiger partial charge is 0.510 e. The number of ketones is 2. The van der Waals surface area contributed by atoms with E-state index >= 15 is 0 Å². The molecule has 3 aliphatic carbocycles. The van der Waals surface area contributed by atoms with Crippen LogP contribution in [-0.4, -0.2) is 95.3 Å². The van der Waals surface area contributed by atoms with Crippen molar-refractivity contribution in [1.82, 2.24) is 4.90 Å². The average molecular weight is 492 g/mol.